The minimum atomic E-state index is -1.56. The van der Waals surface area contributed by atoms with E-state index in [0.29, 0.717) is 5.56 Å². The number of halogens is 1. The molecule has 0 aliphatic heterocycles. The molecule has 0 saturated carbocycles. The molecular weight excluding hydrogens is 292 g/mol. The molecular formula is C15H13ClN2O3. The summed E-state index contributed by atoms with van der Waals surface area (Å²) in [6.45, 7) is 1.42. The molecule has 1 unspecified atom stereocenters. The Bertz CT molecular complexity index is 676. The molecule has 0 spiro atoms. The summed E-state index contributed by atoms with van der Waals surface area (Å²) < 4.78 is 0. The van der Waals surface area contributed by atoms with Gasteiger partial charge in [0.05, 0.1) is 10.6 Å². The standard InChI is InChI=1S/C15H13ClN2O3/c1-15(14(20)21,10-5-3-2-4-6-10)18-13(19)11-9-17-8-7-12(11)16/h2-9H,1H3,(H,18,19)(H,20,21). The second-order valence-corrected chi connectivity index (χ2v) is 5.01. The first-order valence-corrected chi connectivity index (χ1v) is 6.54. The molecule has 0 bridgehead atoms. The van der Waals surface area contributed by atoms with Gasteiger partial charge in [-0.05, 0) is 18.6 Å². The van der Waals surface area contributed by atoms with E-state index < -0.39 is 17.4 Å². The summed E-state index contributed by atoms with van der Waals surface area (Å²) in [6, 6.07) is 9.93. The van der Waals surface area contributed by atoms with E-state index in [1.54, 1.807) is 30.3 Å². The van der Waals surface area contributed by atoms with Crippen molar-refractivity contribution in [2.75, 3.05) is 0 Å². The highest BCUT2D eigenvalue weighted by Gasteiger charge is 2.37. The van der Waals surface area contributed by atoms with Crippen molar-refractivity contribution in [3.8, 4) is 0 Å². The van der Waals surface area contributed by atoms with Crippen LogP contribution < -0.4 is 5.32 Å². The predicted molar refractivity (Wildman–Crippen MR) is 78.1 cm³/mol. The maximum Gasteiger partial charge on any atom is 0.333 e. The van der Waals surface area contributed by atoms with Crippen molar-refractivity contribution in [3.63, 3.8) is 0 Å². The number of pyridine rings is 1. The highest BCUT2D eigenvalue weighted by Crippen LogP contribution is 2.23. The molecule has 1 atom stereocenters. The number of aromatic nitrogens is 1. The summed E-state index contributed by atoms with van der Waals surface area (Å²) in [5.74, 6) is -1.76. The van der Waals surface area contributed by atoms with Crippen LogP contribution in [0.25, 0.3) is 0 Å². The normalized spacial score (nSPS) is 13.2. The third-order valence-electron chi connectivity index (χ3n) is 3.15. The van der Waals surface area contributed by atoms with Crippen LogP contribution in [0.1, 0.15) is 22.8 Å². The van der Waals surface area contributed by atoms with Crippen molar-refractivity contribution < 1.29 is 14.7 Å². The van der Waals surface area contributed by atoms with Crippen molar-refractivity contribution in [2.45, 2.75) is 12.5 Å². The monoisotopic (exact) mass is 304 g/mol. The van der Waals surface area contributed by atoms with Gasteiger partial charge in [0, 0.05) is 12.4 Å². The van der Waals surface area contributed by atoms with E-state index in [-0.39, 0.29) is 10.6 Å². The van der Waals surface area contributed by atoms with E-state index >= 15 is 0 Å². The lowest BCUT2D eigenvalue weighted by Crippen LogP contribution is -2.49. The third kappa shape index (κ3) is 3.03. The molecule has 0 fully saturated rings. The minimum absolute atomic E-state index is 0.127. The lowest BCUT2D eigenvalue weighted by atomic mass is 9.91. The number of carboxylic acids is 1. The second kappa shape index (κ2) is 5.93. The number of benzene rings is 1. The molecule has 6 heteroatoms. The first kappa shape index (κ1) is 15.0. The van der Waals surface area contributed by atoms with Gasteiger partial charge in [-0.15, -0.1) is 0 Å². The summed E-state index contributed by atoms with van der Waals surface area (Å²) in [4.78, 5) is 27.7. The zero-order chi connectivity index (χ0) is 15.5. The highest BCUT2D eigenvalue weighted by atomic mass is 35.5. The van der Waals surface area contributed by atoms with Crippen molar-refractivity contribution in [3.05, 3.63) is 64.9 Å². The third-order valence-corrected chi connectivity index (χ3v) is 3.48. The van der Waals surface area contributed by atoms with Gasteiger partial charge < -0.3 is 10.4 Å². The van der Waals surface area contributed by atoms with Crippen LogP contribution in [-0.4, -0.2) is 22.0 Å². The Morgan fingerprint density at radius 2 is 1.90 bits per heavy atom. The first-order valence-electron chi connectivity index (χ1n) is 6.16. The van der Waals surface area contributed by atoms with Crippen molar-refractivity contribution in [1.82, 2.24) is 10.3 Å². The van der Waals surface area contributed by atoms with Crippen LogP contribution in [0.15, 0.2) is 48.8 Å². The highest BCUT2D eigenvalue weighted by molar-refractivity contribution is 6.33. The predicted octanol–water partition coefficient (Wildman–Crippen LogP) is 2.46. The summed E-state index contributed by atoms with van der Waals surface area (Å²) in [5.41, 5.74) is -0.967. The zero-order valence-electron chi connectivity index (χ0n) is 11.2. The molecule has 1 aromatic heterocycles. The smallest absolute Gasteiger partial charge is 0.333 e. The Morgan fingerprint density at radius 3 is 2.48 bits per heavy atom. The molecule has 2 N–H and O–H groups in total. The fraction of sp³-hybridized carbons (Fsp3) is 0.133. The minimum Gasteiger partial charge on any atom is -0.479 e. The van der Waals surface area contributed by atoms with Gasteiger partial charge in [0.15, 0.2) is 5.54 Å². The summed E-state index contributed by atoms with van der Waals surface area (Å²) in [6.07, 6.45) is 2.75. The second-order valence-electron chi connectivity index (χ2n) is 4.61. The SMILES string of the molecule is CC(NC(=O)c1cnccc1Cl)(C(=O)O)c1ccccc1. The Kier molecular flexibility index (Phi) is 4.23. The number of nitrogens with zero attached hydrogens (tertiary/aromatic N) is 1. The summed E-state index contributed by atoms with van der Waals surface area (Å²) in [7, 11) is 0. The van der Waals surface area contributed by atoms with Gasteiger partial charge in [-0.3, -0.25) is 9.78 Å². The summed E-state index contributed by atoms with van der Waals surface area (Å²) >= 11 is 5.93. The number of nitrogens with one attached hydrogen (secondary N) is 1. The van der Waals surface area contributed by atoms with Crippen LogP contribution >= 0.6 is 11.6 Å². The fourth-order valence-electron chi connectivity index (χ4n) is 1.86. The average Bonchev–Trinajstić information content (AvgIpc) is 2.48. The van der Waals surface area contributed by atoms with Gasteiger partial charge in [-0.2, -0.15) is 0 Å². The number of hydrogen-bond donors (Lipinski definition) is 2. The largest absolute Gasteiger partial charge is 0.479 e. The van der Waals surface area contributed by atoms with Gasteiger partial charge in [0.2, 0.25) is 0 Å². The Labute approximate surface area is 126 Å². The maximum absolute atomic E-state index is 12.3. The van der Waals surface area contributed by atoms with E-state index in [4.69, 9.17) is 11.6 Å². The number of amides is 1. The van der Waals surface area contributed by atoms with Crippen molar-refractivity contribution in [1.29, 1.82) is 0 Å². The molecule has 1 aromatic carbocycles. The van der Waals surface area contributed by atoms with E-state index in [0.717, 1.165) is 0 Å². The Hall–Kier alpha value is -2.40. The molecule has 108 valence electrons. The molecule has 0 aliphatic carbocycles. The van der Waals surface area contributed by atoms with Gasteiger partial charge >= 0.3 is 5.97 Å². The van der Waals surface area contributed by atoms with Crippen molar-refractivity contribution >= 4 is 23.5 Å². The summed E-state index contributed by atoms with van der Waals surface area (Å²) in [5, 5.41) is 12.2. The van der Waals surface area contributed by atoms with Crippen molar-refractivity contribution in [2.24, 2.45) is 0 Å². The number of carbonyl (C=O) groups is 2. The van der Waals surface area contributed by atoms with Gasteiger partial charge in [-0.1, -0.05) is 41.9 Å². The quantitative estimate of drug-likeness (QED) is 0.909. The van der Waals surface area contributed by atoms with Crippen LogP contribution in [-0.2, 0) is 10.3 Å². The number of aliphatic carboxylic acids is 1. The first-order chi connectivity index (χ1) is 9.95. The Morgan fingerprint density at radius 1 is 1.24 bits per heavy atom. The van der Waals surface area contributed by atoms with Gasteiger partial charge in [0.1, 0.15) is 0 Å². The van der Waals surface area contributed by atoms with E-state index in [1.165, 1.54) is 25.4 Å². The lowest BCUT2D eigenvalue weighted by Gasteiger charge is -2.26. The van der Waals surface area contributed by atoms with Crippen LogP contribution in [0, 0.1) is 0 Å². The van der Waals surface area contributed by atoms with Crippen LogP contribution in [0.3, 0.4) is 0 Å². The number of carboxylic acid groups (broad SMARTS) is 1. The molecule has 21 heavy (non-hydrogen) atoms. The van der Waals surface area contributed by atoms with Crippen LogP contribution in [0.4, 0.5) is 0 Å². The molecule has 1 amide bonds. The average molecular weight is 305 g/mol. The maximum atomic E-state index is 12.3. The molecule has 1 heterocycles. The molecule has 2 rings (SSSR count). The number of hydrogen-bond acceptors (Lipinski definition) is 3. The van der Waals surface area contributed by atoms with Crippen LogP contribution in [0.2, 0.25) is 5.02 Å². The lowest BCUT2D eigenvalue weighted by molar-refractivity contribution is -0.144. The molecule has 0 aliphatic rings. The zero-order valence-corrected chi connectivity index (χ0v) is 12.0. The van der Waals surface area contributed by atoms with Gasteiger partial charge in [0.25, 0.3) is 5.91 Å². The molecule has 0 radical (unpaired) electrons. The molecule has 5 nitrogen and oxygen atoms in total. The van der Waals surface area contributed by atoms with Crippen LogP contribution in [0.5, 0.6) is 0 Å². The van der Waals surface area contributed by atoms with E-state index in [1.807, 2.05) is 0 Å². The Balaban J connectivity index is 2.36. The number of carbonyl (C=O) groups excluding carboxylic acids is 1. The van der Waals surface area contributed by atoms with Gasteiger partial charge in [-0.25, -0.2) is 4.79 Å². The van der Waals surface area contributed by atoms with E-state index in [9.17, 15) is 14.7 Å². The topological polar surface area (TPSA) is 79.3 Å². The fourth-order valence-corrected chi connectivity index (χ4v) is 2.05. The van der Waals surface area contributed by atoms with E-state index in [2.05, 4.69) is 10.3 Å². The molecule has 2 aromatic rings. The number of rotatable bonds is 4. The molecule has 0 saturated heterocycles.